The van der Waals surface area contributed by atoms with Crippen LogP contribution in [0.1, 0.15) is 18.1 Å². The second kappa shape index (κ2) is 5.67. The van der Waals surface area contributed by atoms with Gasteiger partial charge in [0.05, 0.1) is 16.9 Å². The Kier molecular flexibility index (Phi) is 4.14. The average Bonchev–Trinajstić information content (AvgIpc) is 2.47. The van der Waals surface area contributed by atoms with Crippen LogP contribution < -0.4 is 4.74 Å². The first-order valence-electron chi connectivity index (χ1n) is 6.47. The van der Waals surface area contributed by atoms with Gasteiger partial charge in [-0.2, -0.15) is 0 Å². The molecule has 3 nitrogen and oxygen atoms in total. The van der Waals surface area contributed by atoms with Gasteiger partial charge in [-0.25, -0.2) is 8.42 Å². The number of ether oxygens (including phenoxy) is 1. The topological polar surface area (TPSA) is 43.4 Å². The molecular formula is C16H18O3S. The molecule has 0 radical (unpaired) electrons. The van der Waals surface area contributed by atoms with Gasteiger partial charge in [0.15, 0.2) is 0 Å². The van der Waals surface area contributed by atoms with Crippen LogP contribution >= 0.6 is 0 Å². The average molecular weight is 290 g/mol. The summed E-state index contributed by atoms with van der Waals surface area (Å²) in [4.78, 5) is 0.610. The molecule has 2 rings (SSSR count). The van der Waals surface area contributed by atoms with Gasteiger partial charge in [0.25, 0.3) is 0 Å². The largest absolute Gasteiger partial charge is 0.497 e. The molecule has 0 bridgehead atoms. The van der Waals surface area contributed by atoms with E-state index in [2.05, 4.69) is 6.92 Å². The van der Waals surface area contributed by atoms with Crippen LogP contribution in [0.25, 0.3) is 0 Å². The number of methoxy groups -OCH3 is 1. The predicted molar refractivity (Wildman–Crippen MR) is 79.0 cm³/mol. The summed E-state index contributed by atoms with van der Waals surface area (Å²) in [6.07, 6.45) is 0.898. The number of rotatable bonds is 4. The third-order valence-corrected chi connectivity index (χ3v) is 5.14. The van der Waals surface area contributed by atoms with Crippen LogP contribution in [0.2, 0.25) is 0 Å². The first kappa shape index (κ1) is 14.6. The zero-order chi connectivity index (χ0) is 14.8. The lowest BCUT2D eigenvalue weighted by atomic mass is 10.1. The van der Waals surface area contributed by atoms with E-state index in [9.17, 15) is 8.42 Å². The molecule has 0 atom stereocenters. The lowest BCUT2D eigenvalue weighted by Crippen LogP contribution is -2.03. The lowest BCUT2D eigenvalue weighted by molar-refractivity contribution is 0.414. The monoisotopic (exact) mass is 290 g/mol. The van der Waals surface area contributed by atoms with Gasteiger partial charge in [-0.3, -0.25) is 0 Å². The molecular weight excluding hydrogens is 272 g/mol. The van der Waals surface area contributed by atoms with Crippen LogP contribution in [0.5, 0.6) is 5.75 Å². The fourth-order valence-corrected chi connectivity index (χ4v) is 3.47. The number of benzene rings is 2. The van der Waals surface area contributed by atoms with Crippen LogP contribution in [0.3, 0.4) is 0 Å². The Morgan fingerprint density at radius 3 is 2.10 bits per heavy atom. The molecule has 2 aromatic carbocycles. The molecule has 0 N–H and O–H groups in total. The van der Waals surface area contributed by atoms with Crippen LogP contribution in [0, 0.1) is 6.92 Å². The second-order valence-corrected chi connectivity index (χ2v) is 6.57. The molecule has 0 spiro atoms. The van der Waals surface area contributed by atoms with E-state index in [0.29, 0.717) is 10.6 Å². The van der Waals surface area contributed by atoms with E-state index < -0.39 is 9.84 Å². The fraction of sp³-hybridized carbons (Fsp3) is 0.250. The maximum absolute atomic E-state index is 12.5. The molecule has 0 aromatic heterocycles. The van der Waals surface area contributed by atoms with Crippen LogP contribution in [-0.4, -0.2) is 15.5 Å². The van der Waals surface area contributed by atoms with E-state index >= 15 is 0 Å². The van der Waals surface area contributed by atoms with E-state index in [1.165, 1.54) is 5.56 Å². The van der Waals surface area contributed by atoms with Crippen LogP contribution in [-0.2, 0) is 16.3 Å². The molecule has 0 saturated carbocycles. The summed E-state index contributed by atoms with van der Waals surface area (Å²) in [7, 11) is -1.92. The van der Waals surface area contributed by atoms with Gasteiger partial charge in [-0.1, -0.05) is 13.0 Å². The van der Waals surface area contributed by atoms with Crippen molar-refractivity contribution in [3.63, 3.8) is 0 Å². The number of hydrogen-bond acceptors (Lipinski definition) is 3. The summed E-state index contributed by atoms with van der Waals surface area (Å²) in [5, 5.41) is 0. The first-order chi connectivity index (χ1) is 9.48. The van der Waals surface area contributed by atoms with Gasteiger partial charge in [-0.15, -0.1) is 0 Å². The second-order valence-electron chi connectivity index (χ2n) is 4.62. The van der Waals surface area contributed by atoms with Gasteiger partial charge in [0.2, 0.25) is 9.84 Å². The zero-order valence-corrected chi connectivity index (χ0v) is 12.7. The first-order valence-corrected chi connectivity index (χ1v) is 7.96. The standard InChI is InChI=1S/C16H18O3S/c1-4-13-5-8-16(11-12(13)2)20(17,18)15-9-6-14(19-3)7-10-15/h5-11H,4H2,1-3H3. The molecule has 0 amide bonds. The molecule has 20 heavy (non-hydrogen) atoms. The van der Waals surface area contributed by atoms with Crippen molar-refractivity contribution in [2.45, 2.75) is 30.1 Å². The van der Waals surface area contributed by atoms with Crippen molar-refractivity contribution in [1.29, 1.82) is 0 Å². The maximum atomic E-state index is 12.5. The fourth-order valence-electron chi connectivity index (χ4n) is 2.12. The SMILES string of the molecule is CCc1ccc(S(=O)(=O)c2ccc(OC)cc2)cc1C. The predicted octanol–water partition coefficient (Wildman–Crippen LogP) is 3.40. The molecule has 0 saturated heterocycles. The molecule has 0 unspecified atom stereocenters. The highest BCUT2D eigenvalue weighted by molar-refractivity contribution is 7.91. The van der Waals surface area contributed by atoms with Crippen molar-refractivity contribution in [2.75, 3.05) is 7.11 Å². The Hall–Kier alpha value is -1.81. The summed E-state index contributed by atoms with van der Waals surface area (Å²) in [6.45, 7) is 3.99. The van der Waals surface area contributed by atoms with Gasteiger partial charge >= 0.3 is 0 Å². The minimum Gasteiger partial charge on any atom is -0.497 e. The highest BCUT2D eigenvalue weighted by Gasteiger charge is 2.18. The van der Waals surface area contributed by atoms with Crippen LogP contribution in [0.15, 0.2) is 52.3 Å². The van der Waals surface area contributed by atoms with E-state index in [1.54, 1.807) is 43.5 Å². The Bertz CT molecular complexity index is 701. The Labute approximate surface area is 120 Å². The van der Waals surface area contributed by atoms with Gasteiger partial charge in [0.1, 0.15) is 5.75 Å². The van der Waals surface area contributed by atoms with Crippen molar-refractivity contribution in [3.05, 3.63) is 53.6 Å². The van der Waals surface area contributed by atoms with Crippen molar-refractivity contribution in [3.8, 4) is 5.75 Å². The van der Waals surface area contributed by atoms with E-state index in [0.717, 1.165) is 12.0 Å². The third kappa shape index (κ3) is 2.70. The molecule has 0 aliphatic heterocycles. The smallest absolute Gasteiger partial charge is 0.206 e. The van der Waals surface area contributed by atoms with Crippen molar-refractivity contribution in [2.24, 2.45) is 0 Å². The summed E-state index contributed by atoms with van der Waals surface area (Å²) >= 11 is 0. The summed E-state index contributed by atoms with van der Waals surface area (Å²) in [6, 6.07) is 11.7. The van der Waals surface area contributed by atoms with Gasteiger partial charge < -0.3 is 4.74 Å². The molecule has 2 aromatic rings. The summed E-state index contributed by atoms with van der Waals surface area (Å²) in [5.41, 5.74) is 2.17. The summed E-state index contributed by atoms with van der Waals surface area (Å²) < 4.78 is 30.1. The van der Waals surface area contributed by atoms with E-state index in [1.807, 2.05) is 13.0 Å². The molecule has 0 aliphatic carbocycles. The van der Waals surface area contributed by atoms with Gasteiger partial charge in [-0.05, 0) is 60.9 Å². The highest BCUT2D eigenvalue weighted by Crippen LogP contribution is 2.24. The minimum atomic E-state index is -3.47. The van der Waals surface area contributed by atoms with Gasteiger partial charge in [0, 0.05) is 0 Å². The third-order valence-electron chi connectivity index (χ3n) is 3.37. The normalized spacial score (nSPS) is 11.3. The highest BCUT2D eigenvalue weighted by atomic mass is 32.2. The molecule has 106 valence electrons. The number of hydrogen-bond donors (Lipinski definition) is 0. The number of aryl methyl sites for hydroxylation is 2. The van der Waals surface area contributed by atoms with E-state index in [-0.39, 0.29) is 4.90 Å². The van der Waals surface area contributed by atoms with Crippen LogP contribution in [0.4, 0.5) is 0 Å². The summed E-state index contributed by atoms with van der Waals surface area (Å²) in [5.74, 6) is 0.640. The Morgan fingerprint density at radius 1 is 1.00 bits per heavy atom. The number of sulfone groups is 1. The molecule has 0 aliphatic rings. The maximum Gasteiger partial charge on any atom is 0.206 e. The molecule has 0 fully saturated rings. The van der Waals surface area contributed by atoms with Crippen molar-refractivity contribution >= 4 is 9.84 Å². The minimum absolute atomic E-state index is 0.280. The quantitative estimate of drug-likeness (QED) is 0.866. The van der Waals surface area contributed by atoms with E-state index in [4.69, 9.17) is 4.74 Å². The Balaban J connectivity index is 2.46. The Morgan fingerprint density at radius 2 is 1.60 bits per heavy atom. The van der Waals surface area contributed by atoms with Crippen molar-refractivity contribution in [1.82, 2.24) is 0 Å². The zero-order valence-electron chi connectivity index (χ0n) is 11.9. The molecule has 0 heterocycles. The molecule has 4 heteroatoms. The van der Waals surface area contributed by atoms with Crippen molar-refractivity contribution < 1.29 is 13.2 Å². The lowest BCUT2D eigenvalue weighted by Gasteiger charge is -2.09.